The molecule has 0 spiro atoms. The van der Waals surface area contributed by atoms with Gasteiger partial charge >= 0.3 is 0 Å². The van der Waals surface area contributed by atoms with Crippen LogP contribution in [0.25, 0.3) is 0 Å². The third-order valence-electron chi connectivity index (χ3n) is 14.1. The summed E-state index contributed by atoms with van der Waals surface area (Å²) in [5.41, 5.74) is 0. The summed E-state index contributed by atoms with van der Waals surface area (Å²) in [4.78, 5) is 12.5. The van der Waals surface area contributed by atoms with Gasteiger partial charge in [0.05, 0.1) is 31.3 Å². The first-order valence-corrected chi connectivity index (χ1v) is 29.5. The van der Waals surface area contributed by atoms with Crippen molar-refractivity contribution in [3.63, 3.8) is 0 Å². The minimum Gasteiger partial charge on any atom is -0.394 e. The van der Waals surface area contributed by atoms with Crippen LogP contribution in [-0.4, -0.2) is 46.1 Å². The van der Waals surface area contributed by atoms with Gasteiger partial charge < -0.3 is 20.6 Å². The number of aliphatic hydroxyl groups excluding tert-OH is 3. The zero-order valence-electron chi connectivity index (χ0n) is 43.7. The summed E-state index contributed by atoms with van der Waals surface area (Å²) in [6, 6.07) is -0.740. The normalized spacial score (nSPS) is 13.3. The first-order chi connectivity index (χ1) is 31.5. The highest BCUT2D eigenvalue weighted by Crippen LogP contribution is 2.18. The average Bonchev–Trinajstić information content (AvgIpc) is 3.29. The number of carbonyl (C=O) groups excluding carboxylic acids is 1. The van der Waals surface area contributed by atoms with Crippen LogP contribution in [0.4, 0.5) is 0 Å². The fourth-order valence-electron chi connectivity index (χ4n) is 9.58. The van der Waals surface area contributed by atoms with Crippen molar-refractivity contribution in [2.45, 2.75) is 353 Å². The first-order valence-electron chi connectivity index (χ1n) is 29.5. The van der Waals surface area contributed by atoms with Gasteiger partial charge in [0.25, 0.3) is 0 Å². The Bertz CT molecular complexity index is 909. The molecule has 0 aromatic heterocycles. The highest BCUT2D eigenvalue weighted by Gasteiger charge is 2.20. The van der Waals surface area contributed by atoms with E-state index in [2.05, 4.69) is 19.2 Å². The van der Waals surface area contributed by atoms with Crippen LogP contribution in [0.1, 0.15) is 335 Å². The topological polar surface area (TPSA) is 89.8 Å². The number of hydrogen-bond donors (Lipinski definition) is 4. The Balaban J connectivity index is 3.40. The molecule has 0 aliphatic carbocycles. The van der Waals surface area contributed by atoms with Crippen LogP contribution >= 0.6 is 0 Å². The molecule has 0 heterocycles. The van der Waals surface area contributed by atoms with E-state index in [1.54, 1.807) is 6.08 Å². The number of carbonyl (C=O) groups is 1. The Morgan fingerprint density at radius 1 is 0.391 bits per heavy atom. The summed E-state index contributed by atoms with van der Waals surface area (Å²) < 4.78 is 0. The zero-order valence-corrected chi connectivity index (χ0v) is 43.7. The number of aliphatic hydroxyl groups is 3. The van der Waals surface area contributed by atoms with Crippen molar-refractivity contribution in [1.29, 1.82) is 0 Å². The van der Waals surface area contributed by atoms with Gasteiger partial charge in [-0.15, -0.1) is 0 Å². The molecule has 382 valence electrons. The molecule has 4 N–H and O–H groups in total. The van der Waals surface area contributed by atoms with E-state index in [9.17, 15) is 20.1 Å². The van der Waals surface area contributed by atoms with Crippen LogP contribution in [0.5, 0.6) is 0 Å². The molecule has 1 amide bonds. The molecule has 0 aromatic carbocycles. The monoisotopic (exact) mass is 904 g/mol. The molecule has 0 aromatic rings. The Kier molecular flexibility index (Phi) is 53.9. The van der Waals surface area contributed by atoms with Crippen LogP contribution < -0.4 is 5.32 Å². The molecule has 3 unspecified atom stereocenters. The van der Waals surface area contributed by atoms with Gasteiger partial charge in [-0.3, -0.25) is 4.79 Å². The number of unbranched alkanes of at least 4 members (excludes halogenated alkanes) is 46. The Morgan fingerprint density at radius 2 is 0.641 bits per heavy atom. The van der Waals surface area contributed by atoms with Crippen molar-refractivity contribution in [1.82, 2.24) is 5.32 Å². The van der Waals surface area contributed by atoms with Gasteiger partial charge in [-0.2, -0.15) is 0 Å². The second-order valence-electron chi connectivity index (χ2n) is 20.6. The number of allylic oxidation sites excluding steroid dienone is 1. The lowest BCUT2D eigenvalue weighted by atomic mass is 10.0. The quantitative estimate of drug-likeness (QED) is 0.0362. The molecule has 0 saturated heterocycles. The van der Waals surface area contributed by atoms with E-state index in [1.165, 1.54) is 283 Å². The van der Waals surface area contributed by atoms with Gasteiger partial charge in [0.2, 0.25) is 5.91 Å². The van der Waals surface area contributed by atoms with Crippen molar-refractivity contribution >= 4 is 5.91 Å². The highest BCUT2D eigenvalue weighted by atomic mass is 16.3. The maximum Gasteiger partial charge on any atom is 0.222 e. The predicted octanol–water partition coefficient (Wildman–Crippen LogP) is 18.3. The fraction of sp³-hybridized carbons (Fsp3) is 0.949. The molecule has 0 aliphatic rings. The molecule has 0 saturated carbocycles. The number of amides is 1. The summed E-state index contributed by atoms with van der Waals surface area (Å²) in [7, 11) is 0. The van der Waals surface area contributed by atoms with Gasteiger partial charge in [-0.25, -0.2) is 0 Å². The van der Waals surface area contributed by atoms with Crippen LogP contribution in [0.3, 0.4) is 0 Å². The second-order valence-corrected chi connectivity index (χ2v) is 20.6. The van der Waals surface area contributed by atoms with Crippen molar-refractivity contribution in [2.24, 2.45) is 0 Å². The Hall–Kier alpha value is -0.910. The van der Waals surface area contributed by atoms with E-state index >= 15 is 0 Å². The van der Waals surface area contributed by atoms with Gasteiger partial charge in [0.15, 0.2) is 0 Å². The van der Waals surface area contributed by atoms with Gasteiger partial charge in [0.1, 0.15) is 0 Å². The zero-order chi connectivity index (χ0) is 46.5. The van der Waals surface area contributed by atoms with Gasteiger partial charge in [0, 0.05) is 0 Å². The average molecular weight is 905 g/mol. The molecule has 0 rings (SSSR count). The summed E-state index contributed by atoms with van der Waals surface area (Å²) in [6.07, 6.45) is 68.7. The Morgan fingerprint density at radius 3 is 0.906 bits per heavy atom. The van der Waals surface area contributed by atoms with Gasteiger partial charge in [-0.05, 0) is 19.3 Å². The maximum atomic E-state index is 12.5. The maximum absolute atomic E-state index is 12.5. The highest BCUT2D eigenvalue weighted by molar-refractivity contribution is 5.76. The standard InChI is InChI=1S/C59H117NO4/c1-3-5-7-9-11-13-15-17-18-19-20-21-22-23-24-25-26-27-28-29-30-31-32-33-34-35-36-37-38-39-40-41-42-44-46-48-50-52-56(62)54-59(64)60-57(55-61)58(63)53-51-49-47-45-43-16-14-12-10-8-6-4-2/h51,53,56-58,61-63H,3-50,52,54-55H2,1-2H3,(H,60,64)/b53-51+. The Labute approximate surface area is 401 Å². The van der Waals surface area contributed by atoms with Crippen LogP contribution in [0.2, 0.25) is 0 Å². The molecule has 0 fully saturated rings. The van der Waals surface area contributed by atoms with E-state index in [-0.39, 0.29) is 18.9 Å². The van der Waals surface area contributed by atoms with Gasteiger partial charge in [-0.1, -0.05) is 321 Å². The van der Waals surface area contributed by atoms with Crippen molar-refractivity contribution in [3.05, 3.63) is 12.2 Å². The first kappa shape index (κ1) is 63.1. The molecule has 5 nitrogen and oxygen atoms in total. The molecule has 0 aliphatic heterocycles. The predicted molar refractivity (Wildman–Crippen MR) is 282 cm³/mol. The molecule has 5 heteroatoms. The second kappa shape index (κ2) is 54.7. The lowest BCUT2D eigenvalue weighted by Gasteiger charge is -2.21. The van der Waals surface area contributed by atoms with Crippen LogP contribution in [0, 0.1) is 0 Å². The third-order valence-corrected chi connectivity index (χ3v) is 14.1. The molecule has 0 bridgehead atoms. The van der Waals surface area contributed by atoms with E-state index in [1.807, 2.05) is 6.08 Å². The summed E-state index contributed by atoms with van der Waals surface area (Å²) in [5.74, 6) is -0.310. The minimum absolute atomic E-state index is 0.0191. The van der Waals surface area contributed by atoms with Crippen molar-refractivity contribution in [3.8, 4) is 0 Å². The van der Waals surface area contributed by atoms with E-state index < -0.39 is 18.2 Å². The smallest absolute Gasteiger partial charge is 0.222 e. The number of hydrogen-bond acceptors (Lipinski definition) is 4. The SMILES string of the molecule is CCCCCCCCCCCC/C=C/C(O)C(CO)NC(=O)CC(O)CCCCCCCCCCCCCCCCCCCCCCCCCCCCCCCCCCCCCCC. The number of nitrogens with one attached hydrogen (secondary N) is 1. The summed E-state index contributed by atoms with van der Waals surface area (Å²) in [6.45, 7) is 4.23. The minimum atomic E-state index is -0.924. The molecule has 3 atom stereocenters. The largest absolute Gasteiger partial charge is 0.394 e. The van der Waals surface area contributed by atoms with Crippen LogP contribution in [0.15, 0.2) is 12.2 Å². The van der Waals surface area contributed by atoms with E-state index in [0.29, 0.717) is 6.42 Å². The fourth-order valence-corrected chi connectivity index (χ4v) is 9.58. The summed E-state index contributed by atoms with van der Waals surface area (Å²) >= 11 is 0. The molecule has 0 radical (unpaired) electrons. The molecular formula is C59H117NO4. The molecular weight excluding hydrogens is 787 g/mol. The van der Waals surface area contributed by atoms with E-state index in [4.69, 9.17) is 0 Å². The lowest BCUT2D eigenvalue weighted by molar-refractivity contribution is -0.124. The number of rotatable bonds is 55. The third kappa shape index (κ3) is 50.5. The van der Waals surface area contributed by atoms with Crippen molar-refractivity contribution < 1.29 is 20.1 Å². The molecule has 64 heavy (non-hydrogen) atoms. The van der Waals surface area contributed by atoms with Crippen LogP contribution in [-0.2, 0) is 4.79 Å². The lowest BCUT2D eigenvalue weighted by Crippen LogP contribution is -2.45. The van der Waals surface area contributed by atoms with E-state index in [0.717, 1.165) is 25.7 Å². The van der Waals surface area contributed by atoms with Crippen molar-refractivity contribution in [2.75, 3.05) is 6.61 Å². The summed E-state index contributed by atoms with van der Waals surface area (Å²) in [5, 5.41) is 33.3.